The van der Waals surface area contributed by atoms with Crippen LogP contribution in [0.15, 0.2) is 88.8 Å². The number of halogens is 1. The number of nitrogens with zero attached hydrogens (tertiary/aromatic N) is 2. The van der Waals surface area contributed by atoms with Gasteiger partial charge in [-0.15, -0.1) is 0 Å². The molecule has 0 unspecified atom stereocenters. The van der Waals surface area contributed by atoms with Gasteiger partial charge in [0.15, 0.2) is 0 Å². The number of benzene rings is 4. The van der Waals surface area contributed by atoms with Crippen molar-refractivity contribution in [1.29, 1.82) is 0 Å². The molecular weight excluding hydrogens is 384 g/mol. The van der Waals surface area contributed by atoms with Crippen LogP contribution < -0.4 is 0 Å². The molecule has 0 spiro atoms. The molecular formula is C24H17ClN2O2. The zero-order valence-electron chi connectivity index (χ0n) is 15.3. The van der Waals surface area contributed by atoms with Gasteiger partial charge in [-0.3, -0.25) is 9.98 Å². The lowest BCUT2D eigenvalue weighted by Crippen LogP contribution is -1.86. The van der Waals surface area contributed by atoms with Gasteiger partial charge in [0, 0.05) is 23.0 Å². The van der Waals surface area contributed by atoms with Crippen molar-refractivity contribution in [2.24, 2.45) is 9.98 Å². The summed E-state index contributed by atoms with van der Waals surface area (Å²) in [6, 6.07) is 23.6. The van der Waals surface area contributed by atoms with Crippen molar-refractivity contribution in [3.63, 3.8) is 0 Å². The summed E-state index contributed by atoms with van der Waals surface area (Å²) in [5, 5.41) is 22.5. The average molecular weight is 401 g/mol. The Bertz CT molecular complexity index is 1230. The van der Waals surface area contributed by atoms with Gasteiger partial charge in [0.05, 0.1) is 5.69 Å². The van der Waals surface area contributed by atoms with E-state index in [0.717, 1.165) is 22.0 Å². The van der Waals surface area contributed by atoms with Crippen molar-refractivity contribution in [1.82, 2.24) is 0 Å². The lowest BCUT2D eigenvalue weighted by Gasteiger charge is -2.04. The zero-order valence-corrected chi connectivity index (χ0v) is 16.1. The first-order chi connectivity index (χ1) is 14.1. The van der Waals surface area contributed by atoms with Crippen molar-refractivity contribution in [3.8, 4) is 11.5 Å². The largest absolute Gasteiger partial charge is 0.507 e. The van der Waals surface area contributed by atoms with E-state index in [-0.39, 0.29) is 11.5 Å². The van der Waals surface area contributed by atoms with Crippen LogP contribution in [-0.4, -0.2) is 22.6 Å². The zero-order chi connectivity index (χ0) is 20.2. The molecule has 0 aliphatic heterocycles. The Morgan fingerprint density at radius 2 is 1.48 bits per heavy atom. The maximum Gasteiger partial charge on any atom is 0.141 e. The molecule has 4 rings (SSSR count). The van der Waals surface area contributed by atoms with Crippen LogP contribution in [0.25, 0.3) is 10.8 Å². The lowest BCUT2D eigenvalue weighted by atomic mass is 10.0. The van der Waals surface area contributed by atoms with E-state index >= 15 is 0 Å². The molecule has 0 radical (unpaired) electrons. The van der Waals surface area contributed by atoms with Crippen LogP contribution in [0.5, 0.6) is 11.5 Å². The van der Waals surface area contributed by atoms with E-state index in [4.69, 9.17) is 11.6 Å². The van der Waals surface area contributed by atoms with Gasteiger partial charge >= 0.3 is 0 Å². The third-order valence-corrected chi connectivity index (χ3v) is 4.71. The Morgan fingerprint density at radius 3 is 2.31 bits per heavy atom. The number of fused-ring (bicyclic) bond motifs is 1. The SMILES string of the molecule is Oc1ccc(Cl)cc1N=Cc1ccc(N=Cc2c(O)ccc3ccccc23)cc1. The monoisotopic (exact) mass is 400 g/mol. The van der Waals surface area contributed by atoms with E-state index in [1.807, 2.05) is 54.6 Å². The third kappa shape index (κ3) is 4.28. The van der Waals surface area contributed by atoms with Gasteiger partial charge in [-0.05, 0) is 52.7 Å². The van der Waals surface area contributed by atoms with Gasteiger partial charge in [0.1, 0.15) is 17.2 Å². The molecule has 0 atom stereocenters. The second kappa shape index (κ2) is 8.17. The second-order valence-electron chi connectivity index (χ2n) is 6.46. The maximum absolute atomic E-state index is 10.2. The summed E-state index contributed by atoms with van der Waals surface area (Å²) in [6.07, 6.45) is 3.32. The van der Waals surface area contributed by atoms with E-state index < -0.39 is 0 Å². The molecule has 142 valence electrons. The van der Waals surface area contributed by atoms with E-state index in [1.165, 1.54) is 6.07 Å². The molecule has 4 nitrogen and oxygen atoms in total. The lowest BCUT2D eigenvalue weighted by molar-refractivity contribution is 0.475. The van der Waals surface area contributed by atoms with E-state index in [9.17, 15) is 10.2 Å². The van der Waals surface area contributed by atoms with Crippen molar-refractivity contribution >= 4 is 46.2 Å². The molecule has 29 heavy (non-hydrogen) atoms. The molecule has 0 aliphatic carbocycles. The second-order valence-corrected chi connectivity index (χ2v) is 6.90. The fourth-order valence-corrected chi connectivity index (χ4v) is 3.12. The summed E-state index contributed by atoms with van der Waals surface area (Å²) < 4.78 is 0. The Morgan fingerprint density at radius 1 is 0.724 bits per heavy atom. The van der Waals surface area contributed by atoms with E-state index in [1.54, 1.807) is 30.6 Å². The van der Waals surface area contributed by atoms with Gasteiger partial charge in [0.25, 0.3) is 0 Å². The van der Waals surface area contributed by atoms with Crippen LogP contribution in [0.3, 0.4) is 0 Å². The maximum atomic E-state index is 10.2. The molecule has 0 amide bonds. The minimum absolute atomic E-state index is 0.0711. The van der Waals surface area contributed by atoms with E-state index in [0.29, 0.717) is 16.3 Å². The predicted octanol–water partition coefficient (Wildman–Crippen LogP) is 6.41. The molecule has 4 aromatic rings. The van der Waals surface area contributed by atoms with Crippen LogP contribution in [0.2, 0.25) is 5.02 Å². The van der Waals surface area contributed by atoms with Gasteiger partial charge in [-0.25, -0.2) is 0 Å². The van der Waals surface area contributed by atoms with Crippen LogP contribution in [0, 0.1) is 0 Å². The van der Waals surface area contributed by atoms with E-state index in [2.05, 4.69) is 9.98 Å². The molecule has 0 bridgehead atoms. The van der Waals surface area contributed by atoms with Crippen molar-refractivity contribution in [2.75, 3.05) is 0 Å². The van der Waals surface area contributed by atoms with Gasteiger partial charge in [-0.2, -0.15) is 0 Å². The Labute approximate surface area is 173 Å². The summed E-state index contributed by atoms with van der Waals surface area (Å²) in [5.41, 5.74) is 2.70. The highest BCUT2D eigenvalue weighted by Gasteiger charge is 2.04. The van der Waals surface area contributed by atoms with Crippen molar-refractivity contribution in [2.45, 2.75) is 0 Å². The normalized spacial score (nSPS) is 11.6. The first-order valence-corrected chi connectivity index (χ1v) is 9.35. The molecule has 0 saturated heterocycles. The fraction of sp³-hybridized carbons (Fsp3) is 0. The van der Waals surface area contributed by atoms with Gasteiger partial charge < -0.3 is 10.2 Å². The Kier molecular flexibility index (Phi) is 5.27. The highest BCUT2D eigenvalue weighted by Crippen LogP contribution is 2.29. The summed E-state index contributed by atoms with van der Waals surface area (Å²) in [4.78, 5) is 8.76. The number of phenols is 2. The predicted molar refractivity (Wildman–Crippen MR) is 120 cm³/mol. The molecule has 0 saturated carbocycles. The molecule has 0 aromatic heterocycles. The molecule has 0 aliphatic rings. The smallest absolute Gasteiger partial charge is 0.141 e. The van der Waals surface area contributed by atoms with Gasteiger partial charge in [0.2, 0.25) is 0 Å². The highest BCUT2D eigenvalue weighted by atomic mass is 35.5. The van der Waals surface area contributed by atoms with Crippen LogP contribution in [0.1, 0.15) is 11.1 Å². The molecule has 0 heterocycles. The minimum atomic E-state index is 0.0711. The third-order valence-electron chi connectivity index (χ3n) is 4.47. The highest BCUT2D eigenvalue weighted by molar-refractivity contribution is 6.30. The minimum Gasteiger partial charge on any atom is -0.507 e. The van der Waals surface area contributed by atoms with Crippen LogP contribution in [-0.2, 0) is 0 Å². The first-order valence-electron chi connectivity index (χ1n) is 8.97. The number of hydrogen-bond acceptors (Lipinski definition) is 4. The number of rotatable bonds is 4. The number of phenolic OH excluding ortho intramolecular Hbond substituents is 2. The number of aliphatic imine (C=N–C) groups is 2. The van der Waals surface area contributed by atoms with Crippen LogP contribution in [0.4, 0.5) is 11.4 Å². The molecule has 0 fully saturated rings. The summed E-state index contributed by atoms with van der Waals surface area (Å²) in [6.45, 7) is 0. The fourth-order valence-electron chi connectivity index (χ4n) is 2.95. The molecule has 4 aromatic carbocycles. The van der Waals surface area contributed by atoms with Crippen molar-refractivity contribution < 1.29 is 10.2 Å². The molecule has 2 N–H and O–H groups in total. The number of aromatic hydroxyl groups is 2. The number of hydrogen-bond donors (Lipinski definition) is 2. The summed E-state index contributed by atoms with van der Waals surface area (Å²) in [7, 11) is 0. The average Bonchev–Trinajstić information content (AvgIpc) is 2.74. The van der Waals surface area contributed by atoms with Crippen molar-refractivity contribution in [3.05, 3.63) is 95.0 Å². The van der Waals surface area contributed by atoms with Crippen LogP contribution >= 0.6 is 11.6 Å². The standard InChI is InChI=1S/C24H17ClN2O2/c25-18-8-12-24(29)22(13-18)27-14-16-5-9-19(10-6-16)26-15-21-20-4-2-1-3-17(20)7-11-23(21)28/h1-15,28-29H. The Hall–Kier alpha value is -3.63. The molecule has 5 heteroatoms. The quantitative estimate of drug-likeness (QED) is 0.389. The summed E-state index contributed by atoms with van der Waals surface area (Å²) >= 11 is 5.93. The topological polar surface area (TPSA) is 65.2 Å². The first kappa shape index (κ1) is 18.7. The Balaban J connectivity index is 1.55. The van der Waals surface area contributed by atoms with Gasteiger partial charge in [-0.1, -0.05) is 54.1 Å². The summed E-state index contributed by atoms with van der Waals surface area (Å²) in [5.74, 6) is 0.263.